The second-order valence-corrected chi connectivity index (χ2v) is 9.86. The Labute approximate surface area is 198 Å². The summed E-state index contributed by atoms with van der Waals surface area (Å²) in [5.74, 6) is 0.115. The van der Waals surface area contributed by atoms with Crippen molar-refractivity contribution in [3.05, 3.63) is 48.0 Å². The van der Waals surface area contributed by atoms with E-state index in [1.54, 1.807) is 41.3 Å². The number of nitrogens with one attached hydrogen (secondary N) is 1. The summed E-state index contributed by atoms with van der Waals surface area (Å²) in [6.07, 6.45) is 1.03. The molecule has 4 rings (SSSR count). The number of morpholine rings is 1. The Morgan fingerprint density at radius 3 is 2.38 bits per heavy atom. The molecule has 2 aromatic rings. The average molecular weight is 490 g/mol. The van der Waals surface area contributed by atoms with Gasteiger partial charge >= 0.3 is 0 Å². The molecule has 182 valence electrons. The predicted octanol–water partition coefficient (Wildman–Crippen LogP) is 1.72. The van der Waals surface area contributed by atoms with Crippen LogP contribution in [0.15, 0.2) is 42.5 Å². The first-order valence-electron chi connectivity index (χ1n) is 10.9. The fourth-order valence-electron chi connectivity index (χ4n) is 3.93. The van der Waals surface area contributed by atoms with Crippen molar-refractivity contribution in [2.45, 2.75) is 13.0 Å². The van der Waals surface area contributed by atoms with Crippen LogP contribution in [0.2, 0.25) is 0 Å². The van der Waals surface area contributed by atoms with Gasteiger partial charge in [-0.15, -0.1) is 0 Å². The van der Waals surface area contributed by atoms with Crippen LogP contribution in [0.1, 0.15) is 17.3 Å². The number of hydrogen-bond acceptors (Lipinski definition) is 7. The summed E-state index contributed by atoms with van der Waals surface area (Å²) < 4.78 is 42.8. The number of anilines is 2. The zero-order valence-corrected chi connectivity index (χ0v) is 19.8. The SMILES string of the molecule is C[C@H](C(=O)Nc1ccccc1C(=O)N1CCOCC1)N(c1ccc2c(c1)OCCO2)S(C)(=O)=O. The number of rotatable bonds is 6. The molecular formula is C23H27N3O7S. The summed E-state index contributed by atoms with van der Waals surface area (Å²) in [7, 11) is -3.84. The van der Waals surface area contributed by atoms with Crippen LogP contribution >= 0.6 is 0 Å². The van der Waals surface area contributed by atoms with Crippen molar-refractivity contribution in [1.82, 2.24) is 4.90 Å². The van der Waals surface area contributed by atoms with Gasteiger partial charge in [-0.2, -0.15) is 0 Å². The molecule has 1 saturated heterocycles. The Morgan fingerprint density at radius 1 is 1.00 bits per heavy atom. The van der Waals surface area contributed by atoms with Crippen molar-refractivity contribution in [2.24, 2.45) is 0 Å². The minimum absolute atomic E-state index is 0.223. The summed E-state index contributed by atoms with van der Waals surface area (Å²) >= 11 is 0. The summed E-state index contributed by atoms with van der Waals surface area (Å²) in [5, 5.41) is 2.74. The third kappa shape index (κ3) is 5.10. The van der Waals surface area contributed by atoms with Gasteiger partial charge in [-0.3, -0.25) is 13.9 Å². The van der Waals surface area contributed by atoms with Crippen LogP contribution in [0.4, 0.5) is 11.4 Å². The Balaban J connectivity index is 1.58. The lowest BCUT2D eigenvalue weighted by molar-refractivity contribution is -0.116. The van der Waals surface area contributed by atoms with Gasteiger partial charge in [0.15, 0.2) is 11.5 Å². The van der Waals surface area contributed by atoms with Crippen LogP contribution in [0.25, 0.3) is 0 Å². The maximum atomic E-state index is 13.2. The summed E-state index contributed by atoms with van der Waals surface area (Å²) in [6.45, 7) is 4.07. The number of para-hydroxylation sites is 1. The number of carbonyl (C=O) groups excluding carboxylic acids is 2. The maximum Gasteiger partial charge on any atom is 0.256 e. The molecular weight excluding hydrogens is 462 g/mol. The Kier molecular flexibility index (Phi) is 6.94. The van der Waals surface area contributed by atoms with E-state index in [2.05, 4.69) is 5.32 Å². The lowest BCUT2D eigenvalue weighted by Gasteiger charge is -2.30. The Morgan fingerprint density at radius 2 is 1.68 bits per heavy atom. The number of carbonyl (C=O) groups is 2. The minimum Gasteiger partial charge on any atom is -0.486 e. The highest BCUT2D eigenvalue weighted by Crippen LogP contribution is 2.35. The molecule has 10 nitrogen and oxygen atoms in total. The lowest BCUT2D eigenvalue weighted by Crippen LogP contribution is -2.45. The van der Waals surface area contributed by atoms with E-state index < -0.39 is 22.0 Å². The molecule has 34 heavy (non-hydrogen) atoms. The molecule has 2 aromatic carbocycles. The van der Waals surface area contributed by atoms with Crippen molar-refractivity contribution < 1.29 is 32.2 Å². The second kappa shape index (κ2) is 9.90. The number of amides is 2. The van der Waals surface area contributed by atoms with Crippen molar-refractivity contribution in [3.8, 4) is 11.5 Å². The van der Waals surface area contributed by atoms with E-state index in [1.165, 1.54) is 13.0 Å². The summed E-state index contributed by atoms with van der Waals surface area (Å²) in [4.78, 5) is 27.9. The van der Waals surface area contributed by atoms with Crippen LogP contribution < -0.4 is 19.1 Å². The van der Waals surface area contributed by atoms with Gasteiger partial charge in [0.1, 0.15) is 19.3 Å². The zero-order valence-electron chi connectivity index (χ0n) is 19.0. The second-order valence-electron chi connectivity index (χ2n) is 8.00. The normalized spacial score (nSPS) is 16.5. The van der Waals surface area contributed by atoms with E-state index >= 15 is 0 Å². The monoisotopic (exact) mass is 489 g/mol. The van der Waals surface area contributed by atoms with Crippen LogP contribution in [-0.2, 0) is 19.6 Å². The highest BCUT2D eigenvalue weighted by molar-refractivity contribution is 7.92. The molecule has 1 atom stereocenters. The van der Waals surface area contributed by atoms with Gasteiger partial charge in [-0.05, 0) is 31.2 Å². The molecule has 0 aliphatic carbocycles. The van der Waals surface area contributed by atoms with Crippen LogP contribution in [-0.4, -0.2) is 76.9 Å². The highest BCUT2D eigenvalue weighted by atomic mass is 32.2. The van der Waals surface area contributed by atoms with Gasteiger partial charge in [0, 0.05) is 19.2 Å². The molecule has 2 heterocycles. The van der Waals surface area contributed by atoms with E-state index in [0.29, 0.717) is 62.3 Å². The molecule has 0 saturated carbocycles. The molecule has 11 heteroatoms. The van der Waals surface area contributed by atoms with E-state index in [0.717, 1.165) is 10.6 Å². The highest BCUT2D eigenvalue weighted by Gasteiger charge is 2.31. The van der Waals surface area contributed by atoms with Crippen molar-refractivity contribution >= 4 is 33.2 Å². The van der Waals surface area contributed by atoms with Crippen LogP contribution in [0.5, 0.6) is 11.5 Å². The van der Waals surface area contributed by atoms with Gasteiger partial charge in [0.2, 0.25) is 15.9 Å². The fourth-order valence-corrected chi connectivity index (χ4v) is 5.10. The number of benzene rings is 2. The van der Waals surface area contributed by atoms with Gasteiger partial charge in [-0.1, -0.05) is 12.1 Å². The van der Waals surface area contributed by atoms with Crippen LogP contribution in [0.3, 0.4) is 0 Å². The van der Waals surface area contributed by atoms with Crippen molar-refractivity contribution in [3.63, 3.8) is 0 Å². The Bertz CT molecular complexity index is 1180. The van der Waals surface area contributed by atoms with Gasteiger partial charge < -0.3 is 24.4 Å². The molecule has 0 radical (unpaired) electrons. The largest absolute Gasteiger partial charge is 0.486 e. The number of fused-ring (bicyclic) bond motifs is 1. The van der Waals surface area contributed by atoms with E-state index in [4.69, 9.17) is 14.2 Å². The molecule has 2 aliphatic heterocycles. The van der Waals surface area contributed by atoms with Gasteiger partial charge in [0.25, 0.3) is 5.91 Å². The first kappa shape index (κ1) is 23.8. The summed E-state index contributed by atoms with van der Waals surface area (Å²) in [6, 6.07) is 10.3. The van der Waals surface area contributed by atoms with Crippen molar-refractivity contribution in [1.29, 1.82) is 0 Å². The van der Waals surface area contributed by atoms with E-state index in [1.807, 2.05) is 0 Å². The molecule has 1 fully saturated rings. The third-order valence-electron chi connectivity index (χ3n) is 5.58. The zero-order chi connectivity index (χ0) is 24.3. The number of ether oxygens (including phenoxy) is 3. The van der Waals surface area contributed by atoms with E-state index in [9.17, 15) is 18.0 Å². The number of sulfonamides is 1. The standard InChI is InChI=1S/C23H27N3O7S/c1-16(26(34(2,29)30)17-7-8-20-21(15-17)33-14-13-32-20)22(27)24-19-6-4-3-5-18(19)23(28)25-9-11-31-12-10-25/h3-8,15-16H,9-14H2,1-2H3,(H,24,27)/t16-/m1/s1. The predicted molar refractivity (Wildman–Crippen MR) is 126 cm³/mol. The van der Waals surface area contributed by atoms with Crippen LogP contribution in [0, 0.1) is 0 Å². The molecule has 1 N–H and O–H groups in total. The lowest BCUT2D eigenvalue weighted by atomic mass is 10.1. The van der Waals surface area contributed by atoms with E-state index in [-0.39, 0.29) is 11.6 Å². The van der Waals surface area contributed by atoms with Crippen molar-refractivity contribution in [2.75, 3.05) is 55.4 Å². The Hall–Kier alpha value is -3.31. The molecule has 0 bridgehead atoms. The number of nitrogens with zero attached hydrogens (tertiary/aromatic N) is 2. The number of hydrogen-bond donors (Lipinski definition) is 1. The minimum atomic E-state index is -3.84. The average Bonchev–Trinajstić information content (AvgIpc) is 2.83. The molecule has 2 amide bonds. The molecule has 0 aromatic heterocycles. The molecule has 0 unspecified atom stereocenters. The maximum absolute atomic E-state index is 13.2. The van der Waals surface area contributed by atoms with Gasteiger partial charge in [0.05, 0.1) is 36.4 Å². The fraction of sp³-hybridized carbons (Fsp3) is 0.391. The first-order chi connectivity index (χ1) is 16.3. The van der Waals surface area contributed by atoms with Gasteiger partial charge in [-0.25, -0.2) is 8.42 Å². The topological polar surface area (TPSA) is 114 Å². The third-order valence-corrected chi connectivity index (χ3v) is 6.82. The quantitative estimate of drug-likeness (QED) is 0.657. The molecule has 0 spiro atoms. The smallest absolute Gasteiger partial charge is 0.256 e. The summed E-state index contributed by atoms with van der Waals surface area (Å²) in [5.41, 5.74) is 0.911. The first-order valence-corrected chi connectivity index (χ1v) is 12.8. The molecule has 2 aliphatic rings.